The number of nitrogens with one attached hydrogen (secondary N) is 1. The van der Waals surface area contributed by atoms with Crippen molar-refractivity contribution in [2.75, 3.05) is 19.6 Å². The molecule has 1 aliphatic heterocycles. The highest BCUT2D eigenvalue weighted by Crippen LogP contribution is 2.24. The van der Waals surface area contributed by atoms with Gasteiger partial charge in [0.1, 0.15) is 5.82 Å². The molecule has 0 aromatic carbocycles. The zero-order valence-electron chi connectivity index (χ0n) is 10.6. The molecule has 0 saturated carbocycles. The molecule has 0 amide bonds. The molecule has 1 aliphatic rings. The molecular formula is C13H18N4O. The second-order valence-electron chi connectivity index (χ2n) is 4.93. The molecule has 3 heterocycles. The number of nitrogens with zero attached hydrogens (tertiary/aromatic N) is 3. The number of pyridine rings is 1. The van der Waals surface area contributed by atoms with Crippen molar-refractivity contribution in [3.8, 4) is 0 Å². The van der Waals surface area contributed by atoms with E-state index in [1.165, 1.54) is 19.4 Å². The molecule has 0 radical (unpaired) electrons. The van der Waals surface area contributed by atoms with Crippen molar-refractivity contribution in [1.29, 1.82) is 0 Å². The molecular weight excluding hydrogens is 228 g/mol. The Hall–Kier alpha value is -1.62. The Balaban J connectivity index is 1.91. The average Bonchev–Trinajstić information content (AvgIpc) is 2.81. The molecule has 96 valence electrons. The number of hydrogen-bond donors (Lipinski definition) is 1. The maximum absolute atomic E-state index is 11.3. The molecule has 2 aromatic rings. The number of fused-ring (bicyclic) bond motifs is 1. The minimum atomic E-state index is 0.00637. The van der Waals surface area contributed by atoms with E-state index in [2.05, 4.69) is 21.9 Å². The topological polar surface area (TPSA) is 53.4 Å². The van der Waals surface area contributed by atoms with Gasteiger partial charge in [0.15, 0.2) is 11.1 Å². The summed E-state index contributed by atoms with van der Waals surface area (Å²) in [5.41, 5.74) is 0.720. The van der Waals surface area contributed by atoms with Crippen molar-refractivity contribution < 1.29 is 0 Å². The van der Waals surface area contributed by atoms with Crippen molar-refractivity contribution in [3.05, 3.63) is 34.4 Å². The van der Waals surface area contributed by atoms with Crippen LogP contribution in [0.1, 0.15) is 31.5 Å². The first-order valence-electron chi connectivity index (χ1n) is 6.57. The van der Waals surface area contributed by atoms with Gasteiger partial charge in [0, 0.05) is 30.8 Å². The molecule has 1 unspecified atom stereocenters. The number of likely N-dealkylation sites (N-methyl/N-ethyl adjacent to an activating group) is 1. The standard InChI is InChI=1S/C13H18N4O/c1-2-16-6-3-4-10(9-16)13-14-12-8-11(18)5-7-17(12)15-13/h5,7-8,10H,2-4,6,9H2,1H3,(H,14,15). The van der Waals surface area contributed by atoms with Gasteiger partial charge in [-0.3, -0.25) is 9.89 Å². The lowest BCUT2D eigenvalue weighted by atomic mass is 9.97. The molecule has 0 bridgehead atoms. The molecule has 1 N–H and O–H groups in total. The maximum Gasteiger partial charge on any atom is 0.183 e. The van der Waals surface area contributed by atoms with Crippen LogP contribution in [-0.2, 0) is 0 Å². The highest BCUT2D eigenvalue weighted by Gasteiger charge is 2.22. The lowest BCUT2D eigenvalue weighted by Crippen LogP contribution is -2.34. The third kappa shape index (κ3) is 2.06. The summed E-state index contributed by atoms with van der Waals surface area (Å²) >= 11 is 0. The highest BCUT2D eigenvalue weighted by atomic mass is 16.1. The van der Waals surface area contributed by atoms with E-state index in [-0.39, 0.29) is 5.43 Å². The van der Waals surface area contributed by atoms with Crippen LogP contribution in [0.25, 0.3) is 5.65 Å². The fourth-order valence-corrected chi connectivity index (χ4v) is 2.67. The summed E-state index contributed by atoms with van der Waals surface area (Å²) in [5, 5.41) is 3.28. The van der Waals surface area contributed by atoms with Gasteiger partial charge in [-0.15, -0.1) is 0 Å². The van der Waals surface area contributed by atoms with E-state index >= 15 is 0 Å². The summed E-state index contributed by atoms with van der Waals surface area (Å²) in [6, 6.07) is 3.12. The number of likely N-dealkylation sites (tertiary alicyclic amines) is 1. The first kappa shape index (κ1) is 11.5. The second kappa shape index (κ2) is 4.57. The normalized spacial score (nSPS) is 21.5. The van der Waals surface area contributed by atoms with Crippen LogP contribution in [-0.4, -0.2) is 39.1 Å². The third-order valence-electron chi connectivity index (χ3n) is 3.72. The van der Waals surface area contributed by atoms with Crippen molar-refractivity contribution >= 4 is 5.65 Å². The number of rotatable bonds is 2. The molecule has 1 saturated heterocycles. The van der Waals surface area contributed by atoms with Gasteiger partial charge in [0.05, 0.1) is 0 Å². The quantitative estimate of drug-likeness (QED) is 0.867. The van der Waals surface area contributed by atoms with E-state index in [9.17, 15) is 4.79 Å². The SMILES string of the molecule is CCN1CCCC(c2nc3cc(=O)ccn3[nH]2)C1. The Morgan fingerprint density at radius 2 is 2.44 bits per heavy atom. The molecule has 0 spiro atoms. The average molecular weight is 246 g/mol. The Bertz CT molecular complexity index is 600. The predicted octanol–water partition coefficient (Wildman–Crippen LogP) is 1.22. The summed E-state index contributed by atoms with van der Waals surface area (Å²) in [6.45, 7) is 5.53. The molecule has 1 atom stereocenters. The number of H-pyrrole nitrogens is 1. The van der Waals surface area contributed by atoms with Gasteiger partial charge in [-0.05, 0) is 25.9 Å². The number of aromatic amines is 1. The van der Waals surface area contributed by atoms with Crippen LogP contribution in [0, 0.1) is 0 Å². The van der Waals surface area contributed by atoms with Gasteiger partial charge < -0.3 is 4.90 Å². The van der Waals surface area contributed by atoms with Crippen LogP contribution < -0.4 is 5.43 Å². The largest absolute Gasteiger partial charge is 0.303 e. The Labute approximate surface area is 105 Å². The summed E-state index contributed by atoms with van der Waals surface area (Å²) in [5.74, 6) is 1.45. The molecule has 3 rings (SSSR count). The van der Waals surface area contributed by atoms with E-state index in [0.717, 1.165) is 18.9 Å². The predicted molar refractivity (Wildman–Crippen MR) is 69.9 cm³/mol. The van der Waals surface area contributed by atoms with Crippen LogP contribution in [0.4, 0.5) is 0 Å². The molecule has 5 heteroatoms. The van der Waals surface area contributed by atoms with E-state index < -0.39 is 0 Å². The van der Waals surface area contributed by atoms with Gasteiger partial charge in [-0.25, -0.2) is 9.50 Å². The Morgan fingerprint density at radius 3 is 3.28 bits per heavy atom. The van der Waals surface area contributed by atoms with Crippen molar-refractivity contribution in [2.24, 2.45) is 0 Å². The number of piperidine rings is 1. The Morgan fingerprint density at radius 1 is 1.56 bits per heavy atom. The van der Waals surface area contributed by atoms with Crippen LogP contribution in [0.5, 0.6) is 0 Å². The number of aromatic nitrogens is 3. The van der Waals surface area contributed by atoms with Crippen LogP contribution in [0.3, 0.4) is 0 Å². The van der Waals surface area contributed by atoms with Crippen LogP contribution in [0.2, 0.25) is 0 Å². The van der Waals surface area contributed by atoms with E-state index in [1.807, 2.05) is 4.52 Å². The smallest absolute Gasteiger partial charge is 0.183 e. The van der Waals surface area contributed by atoms with Gasteiger partial charge >= 0.3 is 0 Å². The first-order valence-corrected chi connectivity index (χ1v) is 6.57. The second-order valence-corrected chi connectivity index (χ2v) is 4.93. The molecule has 2 aromatic heterocycles. The molecule has 1 fully saturated rings. The van der Waals surface area contributed by atoms with Crippen molar-refractivity contribution in [1.82, 2.24) is 19.5 Å². The highest BCUT2D eigenvalue weighted by molar-refractivity contribution is 5.36. The summed E-state index contributed by atoms with van der Waals surface area (Å²) in [4.78, 5) is 18.3. The minimum Gasteiger partial charge on any atom is -0.303 e. The molecule has 0 aliphatic carbocycles. The van der Waals surface area contributed by atoms with Crippen molar-refractivity contribution in [2.45, 2.75) is 25.7 Å². The Kier molecular flexibility index (Phi) is 2.91. The monoisotopic (exact) mass is 246 g/mol. The first-order chi connectivity index (χ1) is 8.76. The summed E-state index contributed by atoms with van der Waals surface area (Å²) in [7, 11) is 0. The lowest BCUT2D eigenvalue weighted by molar-refractivity contribution is 0.214. The van der Waals surface area contributed by atoms with E-state index in [0.29, 0.717) is 11.6 Å². The van der Waals surface area contributed by atoms with E-state index in [1.54, 1.807) is 18.3 Å². The zero-order chi connectivity index (χ0) is 12.5. The molecule has 5 nitrogen and oxygen atoms in total. The fourth-order valence-electron chi connectivity index (χ4n) is 2.67. The zero-order valence-corrected chi connectivity index (χ0v) is 10.6. The summed E-state index contributed by atoms with van der Waals surface area (Å²) in [6.07, 6.45) is 4.13. The number of hydrogen-bond acceptors (Lipinski definition) is 3. The van der Waals surface area contributed by atoms with Crippen LogP contribution >= 0.6 is 0 Å². The van der Waals surface area contributed by atoms with Gasteiger partial charge in [-0.2, -0.15) is 0 Å². The minimum absolute atomic E-state index is 0.00637. The van der Waals surface area contributed by atoms with Gasteiger partial charge in [0.25, 0.3) is 0 Å². The van der Waals surface area contributed by atoms with Crippen LogP contribution in [0.15, 0.2) is 23.1 Å². The summed E-state index contributed by atoms with van der Waals surface area (Å²) < 4.78 is 1.82. The van der Waals surface area contributed by atoms with Gasteiger partial charge in [-0.1, -0.05) is 6.92 Å². The maximum atomic E-state index is 11.3. The van der Waals surface area contributed by atoms with E-state index in [4.69, 9.17) is 0 Å². The fraction of sp³-hybridized carbons (Fsp3) is 0.538. The van der Waals surface area contributed by atoms with Gasteiger partial charge in [0.2, 0.25) is 0 Å². The van der Waals surface area contributed by atoms with Crippen molar-refractivity contribution in [3.63, 3.8) is 0 Å². The lowest BCUT2D eigenvalue weighted by Gasteiger charge is -2.30. The third-order valence-corrected chi connectivity index (χ3v) is 3.72. The molecule has 18 heavy (non-hydrogen) atoms.